The van der Waals surface area contributed by atoms with Gasteiger partial charge in [-0.05, 0) is 115 Å². The molecule has 4 aromatic rings. The van der Waals surface area contributed by atoms with E-state index in [9.17, 15) is 24.9 Å². The van der Waals surface area contributed by atoms with Gasteiger partial charge in [-0.1, -0.05) is 72.3 Å². The van der Waals surface area contributed by atoms with Crippen molar-refractivity contribution in [3.63, 3.8) is 0 Å². The van der Waals surface area contributed by atoms with E-state index in [1.54, 1.807) is 0 Å². The number of carboxylic acids is 2. The van der Waals surface area contributed by atoms with Gasteiger partial charge in [0.2, 0.25) is 0 Å². The molecule has 3 atom stereocenters. The van der Waals surface area contributed by atoms with Crippen LogP contribution in [-0.4, -0.2) is 55.6 Å². The van der Waals surface area contributed by atoms with E-state index in [-0.39, 0.29) is 34.8 Å². The van der Waals surface area contributed by atoms with Crippen LogP contribution in [0.4, 0.5) is 0 Å². The van der Waals surface area contributed by atoms with Gasteiger partial charge in [-0.15, -0.1) is 0 Å². The number of aliphatic hydroxyl groups is 1. The summed E-state index contributed by atoms with van der Waals surface area (Å²) < 4.78 is 0. The Hall–Kier alpha value is -3.04. The fourth-order valence-corrected chi connectivity index (χ4v) is 10.2. The monoisotopic (exact) mass is 731 g/mol. The first-order valence-electron chi connectivity index (χ1n) is 17.6. The van der Waals surface area contributed by atoms with Crippen molar-refractivity contribution in [1.82, 2.24) is 4.98 Å². The van der Waals surface area contributed by atoms with Crippen LogP contribution in [0.2, 0.25) is 5.02 Å². The van der Waals surface area contributed by atoms with E-state index >= 15 is 0 Å². The molecule has 2 unspecified atom stereocenters. The van der Waals surface area contributed by atoms with Gasteiger partial charge in [0.1, 0.15) is 0 Å². The highest BCUT2D eigenvalue weighted by Crippen LogP contribution is 2.53. The molecule has 2 aliphatic carbocycles. The molecule has 50 heavy (non-hydrogen) atoms. The zero-order valence-electron chi connectivity index (χ0n) is 28.5. The second kappa shape index (κ2) is 16.1. The molecule has 3 N–H and O–H groups in total. The number of hydrogen-bond donors (Lipinski definition) is 3. The molecule has 2 aliphatic rings. The summed E-state index contributed by atoms with van der Waals surface area (Å²) in [6.07, 6.45) is 6.08. The Morgan fingerprint density at radius 2 is 1.56 bits per heavy atom. The molecule has 0 saturated heterocycles. The summed E-state index contributed by atoms with van der Waals surface area (Å²) in [7, 11) is 0. The second-order valence-electron chi connectivity index (χ2n) is 14.6. The number of hydrogen-bond acceptors (Lipinski definition) is 6. The maximum absolute atomic E-state index is 11.7. The summed E-state index contributed by atoms with van der Waals surface area (Å²) in [6, 6.07) is 27.2. The summed E-state index contributed by atoms with van der Waals surface area (Å²) in [6.45, 7) is 1.83. The Morgan fingerprint density at radius 3 is 2.26 bits per heavy atom. The molecular formula is C41H46ClNO5S2. The highest BCUT2D eigenvalue weighted by Gasteiger charge is 2.45. The Bertz CT molecular complexity index is 1820. The predicted molar refractivity (Wildman–Crippen MR) is 206 cm³/mol. The highest BCUT2D eigenvalue weighted by molar-refractivity contribution is 7.99. The minimum atomic E-state index is -0.736. The number of aliphatic hydroxyl groups excluding tert-OH is 1. The molecular weight excluding hydrogens is 686 g/mol. The zero-order valence-corrected chi connectivity index (χ0v) is 30.9. The van der Waals surface area contributed by atoms with Crippen molar-refractivity contribution in [3.05, 3.63) is 112 Å². The third-order valence-electron chi connectivity index (χ3n) is 10.2. The molecule has 2 fully saturated rings. The van der Waals surface area contributed by atoms with Crippen molar-refractivity contribution in [2.24, 2.45) is 10.8 Å². The van der Waals surface area contributed by atoms with Gasteiger partial charge in [-0.3, -0.25) is 14.6 Å². The van der Waals surface area contributed by atoms with E-state index in [0.29, 0.717) is 11.4 Å². The van der Waals surface area contributed by atoms with E-state index in [1.807, 2.05) is 54.7 Å². The molecule has 6 nitrogen and oxygen atoms in total. The zero-order chi connectivity index (χ0) is 35.3. The van der Waals surface area contributed by atoms with E-state index in [4.69, 9.17) is 16.6 Å². The van der Waals surface area contributed by atoms with Crippen molar-refractivity contribution < 1.29 is 24.9 Å². The number of halogens is 1. The number of nitrogens with zero attached hydrogens (tertiary/aromatic N) is 1. The minimum absolute atomic E-state index is 0.0281. The lowest BCUT2D eigenvalue weighted by Gasteiger charge is -2.24. The first-order valence-corrected chi connectivity index (χ1v) is 20.1. The van der Waals surface area contributed by atoms with Crippen molar-refractivity contribution >= 4 is 58.0 Å². The Labute approximate surface area is 308 Å². The fourth-order valence-electron chi connectivity index (χ4n) is 7.07. The Kier molecular flexibility index (Phi) is 11.8. The third-order valence-corrected chi connectivity index (χ3v) is 13.4. The van der Waals surface area contributed by atoms with E-state index < -0.39 is 18.0 Å². The van der Waals surface area contributed by atoms with Crippen LogP contribution in [0.25, 0.3) is 10.9 Å². The van der Waals surface area contributed by atoms with Gasteiger partial charge < -0.3 is 15.3 Å². The molecule has 3 aromatic carbocycles. The van der Waals surface area contributed by atoms with Gasteiger partial charge >= 0.3 is 11.9 Å². The molecule has 0 amide bonds. The number of thioether (sulfide) groups is 2. The highest BCUT2D eigenvalue weighted by atomic mass is 35.5. The number of fused-ring (bicyclic) bond motifs is 1. The lowest BCUT2D eigenvalue weighted by molar-refractivity contribution is -0.139. The minimum Gasteiger partial charge on any atom is -0.481 e. The van der Waals surface area contributed by atoms with Crippen LogP contribution in [0.5, 0.6) is 0 Å². The van der Waals surface area contributed by atoms with E-state index in [0.717, 1.165) is 77.9 Å². The molecule has 0 spiro atoms. The SMILES string of the molecule is CC(O)Cc1ccccc1C(CCSCC1(CC(=O)O)CC1)c1cccc(C[C@H](SCC2(CC(=O)O)CC2)c2ccc3ccc(Cl)cc3n2)c1. The summed E-state index contributed by atoms with van der Waals surface area (Å²) >= 11 is 10.0. The average molecular weight is 732 g/mol. The number of rotatable bonds is 19. The molecule has 0 bridgehead atoms. The first kappa shape index (κ1) is 36.7. The van der Waals surface area contributed by atoms with Gasteiger partial charge in [-0.25, -0.2) is 0 Å². The van der Waals surface area contributed by atoms with Gasteiger partial charge in [0.15, 0.2) is 0 Å². The summed E-state index contributed by atoms with van der Waals surface area (Å²) in [5.74, 6) is 1.22. The molecule has 9 heteroatoms. The first-order chi connectivity index (χ1) is 24.0. The summed E-state index contributed by atoms with van der Waals surface area (Å²) in [5.41, 5.74) is 6.41. The number of aromatic nitrogens is 1. The van der Waals surface area contributed by atoms with Gasteiger partial charge in [0, 0.05) is 22.1 Å². The molecule has 2 saturated carbocycles. The summed E-state index contributed by atoms with van der Waals surface area (Å²) in [4.78, 5) is 28.2. The van der Waals surface area contributed by atoms with Crippen LogP contribution in [0.1, 0.15) is 91.0 Å². The quantitative estimate of drug-likeness (QED) is 0.0819. The van der Waals surface area contributed by atoms with Crippen molar-refractivity contribution in [2.75, 3.05) is 17.3 Å². The standard InChI is InChI=1S/C41H46ClNO5S2/c1-27(44)19-30-6-2-3-8-33(30)34(13-18-49-25-40(14-15-40)23-38(45)46)31-7-4-5-28(20-31)21-37(50-26-41(16-17-41)24-39(47)48)35-12-10-29-9-11-32(42)22-36(29)43-35/h2-12,20,22,27,34,37,44H,13-19,21,23-26H2,1H3,(H,45,46)(H,47,48)/t27?,34?,37-/m0/s1. The fraction of sp³-hybridized carbons (Fsp3) is 0.439. The number of pyridine rings is 1. The van der Waals surface area contributed by atoms with Gasteiger partial charge in [-0.2, -0.15) is 23.5 Å². The van der Waals surface area contributed by atoms with Crippen LogP contribution in [-0.2, 0) is 22.4 Å². The van der Waals surface area contributed by atoms with Crippen LogP contribution in [0.15, 0.2) is 78.9 Å². The average Bonchev–Trinajstić information content (AvgIpc) is 4.01. The van der Waals surface area contributed by atoms with Gasteiger partial charge in [0.05, 0.1) is 35.4 Å². The molecule has 1 aromatic heterocycles. The second-order valence-corrected chi connectivity index (χ2v) is 17.3. The molecule has 0 aliphatic heterocycles. The van der Waals surface area contributed by atoms with Crippen molar-refractivity contribution in [2.45, 2.75) is 82.0 Å². The maximum Gasteiger partial charge on any atom is 0.303 e. The molecule has 0 radical (unpaired) electrons. The van der Waals surface area contributed by atoms with Crippen LogP contribution < -0.4 is 0 Å². The topological polar surface area (TPSA) is 108 Å². The number of aliphatic carboxylic acids is 2. The van der Waals surface area contributed by atoms with E-state index in [1.165, 1.54) is 16.7 Å². The number of benzene rings is 3. The number of carboxylic acid groups (broad SMARTS) is 2. The lowest BCUT2D eigenvalue weighted by atomic mass is 9.84. The smallest absolute Gasteiger partial charge is 0.303 e. The van der Waals surface area contributed by atoms with Crippen LogP contribution in [0.3, 0.4) is 0 Å². The van der Waals surface area contributed by atoms with Gasteiger partial charge in [0.25, 0.3) is 0 Å². The van der Waals surface area contributed by atoms with Crippen LogP contribution >= 0.6 is 35.1 Å². The lowest BCUT2D eigenvalue weighted by Crippen LogP contribution is -2.14. The normalized spacial score (nSPS) is 17.6. The summed E-state index contributed by atoms with van der Waals surface area (Å²) in [5, 5.41) is 31.0. The third kappa shape index (κ3) is 9.84. The van der Waals surface area contributed by atoms with Crippen molar-refractivity contribution in [3.8, 4) is 0 Å². The maximum atomic E-state index is 11.7. The molecule has 264 valence electrons. The predicted octanol–water partition coefficient (Wildman–Crippen LogP) is 9.59. The van der Waals surface area contributed by atoms with Crippen molar-refractivity contribution in [1.29, 1.82) is 0 Å². The Morgan fingerprint density at radius 1 is 0.860 bits per heavy atom. The van der Waals surface area contributed by atoms with Crippen LogP contribution in [0, 0.1) is 10.8 Å². The Balaban J connectivity index is 1.27. The molecule has 1 heterocycles. The van der Waals surface area contributed by atoms with E-state index in [2.05, 4.69) is 54.6 Å². The largest absolute Gasteiger partial charge is 0.481 e. The number of carbonyl (C=O) groups is 2. The molecule has 6 rings (SSSR count).